The van der Waals surface area contributed by atoms with Gasteiger partial charge in [0.15, 0.2) is 5.03 Å². The summed E-state index contributed by atoms with van der Waals surface area (Å²) in [5.74, 6) is 0.0179. The summed E-state index contributed by atoms with van der Waals surface area (Å²) in [7, 11) is 0. The Morgan fingerprint density at radius 3 is 2.73 bits per heavy atom. The van der Waals surface area contributed by atoms with Crippen molar-refractivity contribution in [3.8, 4) is 0 Å². The molecule has 0 saturated heterocycles. The lowest BCUT2D eigenvalue weighted by atomic mass is 10.1. The Labute approximate surface area is 150 Å². The lowest BCUT2D eigenvalue weighted by Gasteiger charge is -2.14. The molecule has 0 bridgehead atoms. The molecule has 2 heterocycles. The molecule has 1 amide bonds. The summed E-state index contributed by atoms with van der Waals surface area (Å²) in [5, 5.41) is 8.84. The SMILES string of the molecule is O=C(N/N=C\c1ccco1)C(Sc1n[nH]c(=O)[nH]c1=O)c1ccccc1. The monoisotopic (exact) mass is 371 g/mol. The summed E-state index contributed by atoms with van der Waals surface area (Å²) in [6.07, 6.45) is 2.84. The molecule has 0 radical (unpaired) electrons. The second-order valence-corrected chi connectivity index (χ2v) is 6.06. The molecule has 1 atom stereocenters. The number of carbonyl (C=O) groups is 1. The topological polar surface area (TPSA) is 133 Å². The van der Waals surface area contributed by atoms with E-state index in [-0.39, 0.29) is 5.03 Å². The highest BCUT2D eigenvalue weighted by molar-refractivity contribution is 8.00. The predicted molar refractivity (Wildman–Crippen MR) is 95.0 cm³/mol. The van der Waals surface area contributed by atoms with Crippen molar-refractivity contribution in [1.82, 2.24) is 20.6 Å². The number of thioether (sulfide) groups is 1. The Balaban J connectivity index is 1.82. The van der Waals surface area contributed by atoms with Crippen LogP contribution in [-0.4, -0.2) is 27.3 Å². The van der Waals surface area contributed by atoms with E-state index in [4.69, 9.17) is 4.42 Å². The van der Waals surface area contributed by atoms with Gasteiger partial charge in [0.25, 0.3) is 11.5 Å². The fraction of sp³-hybridized carbons (Fsp3) is 0.0625. The van der Waals surface area contributed by atoms with Gasteiger partial charge in [-0.3, -0.25) is 14.6 Å². The number of furan rings is 1. The van der Waals surface area contributed by atoms with E-state index in [9.17, 15) is 14.4 Å². The van der Waals surface area contributed by atoms with E-state index in [2.05, 4.69) is 25.7 Å². The summed E-state index contributed by atoms with van der Waals surface area (Å²) in [5.41, 5.74) is 1.66. The lowest BCUT2D eigenvalue weighted by Crippen LogP contribution is -2.28. The predicted octanol–water partition coefficient (Wildman–Crippen LogP) is 1.03. The van der Waals surface area contributed by atoms with E-state index in [1.807, 2.05) is 6.07 Å². The van der Waals surface area contributed by atoms with Crippen LogP contribution >= 0.6 is 11.8 Å². The molecule has 0 fully saturated rings. The van der Waals surface area contributed by atoms with Crippen LogP contribution in [0.15, 0.2) is 72.9 Å². The lowest BCUT2D eigenvalue weighted by molar-refractivity contribution is -0.120. The molecule has 1 aromatic carbocycles. The molecule has 1 unspecified atom stereocenters. The molecule has 2 aromatic heterocycles. The number of nitrogens with one attached hydrogen (secondary N) is 3. The average Bonchev–Trinajstić information content (AvgIpc) is 3.15. The second-order valence-electron chi connectivity index (χ2n) is 4.97. The van der Waals surface area contributed by atoms with Gasteiger partial charge < -0.3 is 4.42 Å². The Hall–Kier alpha value is -3.40. The molecule has 9 nitrogen and oxygen atoms in total. The van der Waals surface area contributed by atoms with Crippen LogP contribution < -0.4 is 16.7 Å². The van der Waals surface area contributed by atoms with Crippen LogP contribution in [0.4, 0.5) is 0 Å². The molecule has 0 saturated carbocycles. The fourth-order valence-corrected chi connectivity index (χ4v) is 2.94. The van der Waals surface area contributed by atoms with E-state index in [0.29, 0.717) is 11.3 Å². The first-order chi connectivity index (χ1) is 12.6. The molecule has 0 aliphatic rings. The summed E-state index contributed by atoms with van der Waals surface area (Å²) in [6.45, 7) is 0. The van der Waals surface area contributed by atoms with E-state index in [1.54, 1.807) is 36.4 Å². The van der Waals surface area contributed by atoms with Crippen LogP contribution in [0, 0.1) is 0 Å². The van der Waals surface area contributed by atoms with Gasteiger partial charge in [-0.15, -0.1) is 0 Å². The number of aromatic nitrogens is 3. The van der Waals surface area contributed by atoms with Crippen LogP contribution in [0.2, 0.25) is 0 Å². The summed E-state index contributed by atoms with van der Waals surface area (Å²) >= 11 is 0.899. The quantitative estimate of drug-likeness (QED) is 0.337. The van der Waals surface area contributed by atoms with Gasteiger partial charge in [0, 0.05) is 0 Å². The molecular formula is C16H13N5O4S. The van der Waals surface area contributed by atoms with Gasteiger partial charge in [0.2, 0.25) is 0 Å². The molecule has 0 aliphatic heterocycles. The Morgan fingerprint density at radius 1 is 1.23 bits per heavy atom. The van der Waals surface area contributed by atoms with Gasteiger partial charge in [-0.1, -0.05) is 42.1 Å². The van der Waals surface area contributed by atoms with Crippen LogP contribution in [0.3, 0.4) is 0 Å². The van der Waals surface area contributed by atoms with Crippen LogP contribution in [0.1, 0.15) is 16.6 Å². The minimum atomic E-state index is -0.801. The Kier molecular flexibility index (Phi) is 5.44. The third-order valence-corrected chi connectivity index (χ3v) is 4.38. The molecule has 132 valence electrons. The second kappa shape index (κ2) is 8.12. The van der Waals surface area contributed by atoms with Crippen molar-refractivity contribution in [2.45, 2.75) is 10.3 Å². The van der Waals surface area contributed by atoms with E-state index in [1.165, 1.54) is 12.5 Å². The van der Waals surface area contributed by atoms with Gasteiger partial charge in [-0.25, -0.2) is 15.3 Å². The number of carbonyl (C=O) groups excluding carboxylic acids is 1. The smallest absolute Gasteiger partial charge is 0.342 e. The van der Waals surface area contributed by atoms with Crippen LogP contribution in [0.25, 0.3) is 0 Å². The normalized spacial score (nSPS) is 12.2. The third kappa shape index (κ3) is 4.36. The maximum absolute atomic E-state index is 12.6. The van der Waals surface area contributed by atoms with Gasteiger partial charge in [0.05, 0.1) is 12.5 Å². The van der Waals surface area contributed by atoms with Gasteiger partial charge in [0.1, 0.15) is 11.0 Å². The maximum atomic E-state index is 12.6. The van der Waals surface area contributed by atoms with Gasteiger partial charge >= 0.3 is 5.69 Å². The highest BCUT2D eigenvalue weighted by Gasteiger charge is 2.24. The molecular weight excluding hydrogens is 358 g/mol. The molecule has 0 spiro atoms. The fourth-order valence-electron chi connectivity index (χ4n) is 2.01. The number of hydrogen-bond donors (Lipinski definition) is 3. The first-order valence-corrected chi connectivity index (χ1v) is 8.28. The first kappa shape index (κ1) is 17.4. The molecule has 0 aliphatic carbocycles. The number of nitrogens with zero attached hydrogens (tertiary/aromatic N) is 2. The number of benzene rings is 1. The maximum Gasteiger partial charge on any atom is 0.342 e. The largest absolute Gasteiger partial charge is 0.463 e. The van der Waals surface area contributed by atoms with E-state index in [0.717, 1.165) is 11.8 Å². The number of amides is 1. The van der Waals surface area contributed by atoms with Crippen molar-refractivity contribution < 1.29 is 9.21 Å². The zero-order valence-corrected chi connectivity index (χ0v) is 14.0. The van der Waals surface area contributed by atoms with Crippen molar-refractivity contribution in [3.05, 3.63) is 80.9 Å². The first-order valence-electron chi connectivity index (χ1n) is 7.40. The summed E-state index contributed by atoms with van der Waals surface area (Å²) in [6, 6.07) is 12.2. The van der Waals surface area contributed by atoms with Gasteiger partial charge in [-0.05, 0) is 17.7 Å². The molecule has 26 heavy (non-hydrogen) atoms. The molecule has 3 aromatic rings. The average molecular weight is 371 g/mol. The highest BCUT2D eigenvalue weighted by atomic mass is 32.2. The molecule has 3 rings (SSSR count). The number of hydrogen-bond acceptors (Lipinski definition) is 7. The van der Waals surface area contributed by atoms with Gasteiger partial charge in [-0.2, -0.15) is 10.2 Å². The molecule has 3 N–H and O–H groups in total. The van der Waals surface area contributed by atoms with E-state index >= 15 is 0 Å². The van der Waals surface area contributed by atoms with Crippen molar-refractivity contribution in [3.63, 3.8) is 0 Å². The van der Waals surface area contributed by atoms with Crippen molar-refractivity contribution in [2.24, 2.45) is 5.10 Å². The summed E-state index contributed by atoms with van der Waals surface area (Å²) in [4.78, 5) is 37.6. The molecule has 10 heteroatoms. The van der Waals surface area contributed by atoms with Crippen LogP contribution in [-0.2, 0) is 4.79 Å². The van der Waals surface area contributed by atoms with Crippen molar-refractivity contribution in [2.75, 3.05) is 0 Å². The summed E-state index contributed by atoms with van der Waals surface area (Å²) < 4.78 is 5.09. The van der Waals surface area contributed by atoms with Crippen molar-refractivity contribution in [1.29, 1.82) is 0 Å². The van der Waals surface area contributed by atoms with Crippen LogP contribution in [0.5, 0.6) is 0 Å². The van der Waals surface area contributed by atoms with Crippen molar-refractivity contribution >= 4 is 23.9 Å². The third-order valence-electron chi connectivity index (χ3n) is 3.16. The number of hydrazone groups is 1. The number of rotatable bonds is 6. The minimum Gasteiger partial charge on any atom is -0.463 e. The zero-order valence-electron chi connectivity index (χ0n) is 13.2. The highest BCUT2D eigenvalue weighted by Crippen LogP contribution is 2.32. The zero-order chi connectivity index (χ0) is 18.4. The Bertz CT molecular complexity index is 1010. The number of H-pyrrole nitrogens is 2. The van der Waals surface area contributed by atoms with E-state index < -0.39 is 22.4 Å². The standard InChI is InChI=1S/C16H13N5O4S/c22-13(19-17-9-11-7-4-8-25-11)12(10-5-2-1-3-6-10)26-15-14(23)18-16(24)21-20-15/h1-9,12H,(H,19,22)(H2,18,21,23,24)/b17-9-. The Morgan fingerprint density at radius 2 is 2.04 bits per heavy atom. The minimum absolute atomic E-state index is 0.0383. The number of aromatic amines is 2.